The standard InChI is InChI=1S/C17H19N3O5/c1-11-9-13(4-5-14(11)20(22)23)18-17(21)19-7-8-24-16(10-19)15-6-3-12(2)25-15/h3-6,9,16H,7-8,10H2,1-2H3,(H,18,21)/t16-/m0/s1. The third-order valence-corrected chi connectivity index (χ3v) is 4.08. The third-order valence-electron chi connectivity index (χ3n) is 4.08. The lowest BCUT2D eigenvalue weighted by Gasteiger charge is -2.32. The van der Waals surface area contributed by atoms with Gasteiger partial charge >= 0.3 is 6.03 Å². The number of morpholine rings is 1. The highest BCUT2D eigenvalue weighted by molar-refractivity contribution is 5.89. The van der Waals surface area contributed by atoms with Crippen LogP contribution in [0.3, 0.4) is 0 Å². The first kappa shape index (κ1) is 17.0. The third kappa shape index (κ3) is 3.80. The lowest BCUT2D eigenvalue weighted by atomic mass is 10.2. The number of amides is 2. The van der Waals surface area contributed by atoms with Crippen LogP contribution in [0.2, 0.25) is 0 Å². The molecule has 1 aromatic carbocycles. The van der Waals surface area contributed by atoms with Crippen LogP contribution in [0, 0.1) is 24.0 Å². The lowest BCUT2D eigenvalue weighted by Crippen LogP contribution is -2.44. The number of anilines is 1. The Bertz CT molecular complexity index is 801. The molecule has 1 aliphatic heterocycles. The van der Waals surface area contributed by atoms with Crippen LogP contribution in [0.15, 0.2) is 34.7 Å². The van der Waals surface area contributed by atoms with Gasteiger partial charge in [0.05, 0.1) is 18.1 Å². The number of aryl methyl sites for hydroxylation is 2. The van der Waals surface area contributed by atoms with Crippen LogP contribution in [0.1, 0.15) is 23.2 Å². The van der Waals surface area contributed by atoms with Gasteiger partial charge in [0.15, 0.2) is 0 Å². The fraction of sp³-hybridized carbons (Fsp3) is 0.353. The van der Waals surface area contributed by atoms with Gasteiger partial charge in [0.1, 0.15) is 17.6 Å². The van der Waals surface area contributed by atoms with Gasteiger partial charge in [-0.15, -0.1) is 0 Å². The van der Waals surface area contributed by atoms with E-state index in [4.69, 9.17) is 9.15 Å². The summed E-state index contributed by atoms with van der Waals surface area (Å²) in [5.41, 5.74) is 1.04. The molecule has 1 atom stereocenters. The summed E-state index contributed by atoms with van der Waals surface area (Å²) in [5, 5.41) is 13.6. The fourth-order valence-corrected chi connectivity index (χ4v) is 2.77. The minimum atomic E-state index is -0.446. The van der Waals surface area contributed by atoms with Crippen LogP contribution in [0.5, 0.6) is 0 Å². The van der Waals surface area contributed by atoms with Crippen molar-refractivity contribution in [3.8, 4) is 0 Å². The normalized spacial score (nSPS) is 17.4. The molecule has 8 nitrogen and oxygen atoms in total. The monoisotopic (exact) mass is 345 g/mol. The average molecular weight is 345 g/mol. The Morgan fingerprint density at radius 2 is 2.12 bits per heavy atom. The van der Waals surface area contributed by atoms with Gasteiger partial charge < -0.3 is 19.4 Å². The van der Waals surface area contributed by atoms with Crippen molar-refractivity contribution < 1.29 is 18.9 Å². The molecule has 132 valence electrons. The van der Waals surface area contributed by atoms with E-state index in [1.165, 1.54) is 12.1 Å². The van der Waals surface area contributed by atoms with Gasteiger partial charge in [-0.25, -0.2) is 4.79 Å². The molecule has 25 heavy (non-hydrogen) atoms. The van der Waals surface area contributed by atoms with Crippen LogP contribution in [0.4, 0.5) is 16.2 Å². The Kier molecular flexibility index (Phi) is 4.71. The number of rotatable bonds is 3. The van der Waals surface area contributed by atoms with Gasteiger partial charge in [-0.05, 0) is 38.1 Å². The molecule has 1 N–H and O–H groups in total. The second kappa shape index (κ2) is 6.94. The Hall–Kier alpha value is -2.87. The highest BCUT2D eigenvalue weighted by atomic mass is 16.6. The zero-order chi connectivity index (χ0) is 18.0. The zero-order valence-electron chi connectivity index (χ0n) is 14.0. The molecule has 1 aromatic heterocycles. The maximum atomic E-state index is 12.5. The number of hydrogen-bond acceptors (Lipinski definition) is 5. The molecule has 2 heterocycles. The van der Waals surface area contributed by atoms with Crippen molar-refractivity contribution in [1.82, 2.24) is 4.90 Å². The van der Waals surface area contributed by atoms with Gasteiger partial charge in [0, 0.05) is 23.9 Å². The number of nitro groups is 1. The maximum absolute atomic E-state index is 12.5. The second-order valence-electron chi connectivity index (χ2n) is 5.94. The summed E-state index contributed by atoms with van der Waals surface area (Å²) in [5.74, 6) is 1.49. The van der Waals surface area contributed by atoms with Crippen LogP contribution in [0.25, 0.3) is 0 Å². The van der Waals surface area contributed by atoms with Crippen LogP contribution in [-0.4, -0.2) is 35.6 Å². The number of hydrogen-bond donors (Lipinski definition) is 1. The highest BCUT2D eigenvalue weighted by Crippen LogP contribution is 2.25. The summed E-state index contributed by atoms with van der Waals surface area (Å²) >= 11 is 0. The van der Waals surface area contributed by atoms with Crippen molar-refractivity contribution in [3.05, 3.63) is 57.5 Å². The molecule has 2 aromatic rings. The van der Waals surface area contributed by atoms with Crippen molar-refractivity contribution in [2.24, 2.45) is 0 Å². The number of urea groups is 1. The molecule has 1 saturated heterocycles. The van der Waals surface area contributed by atoms with Crippen LogP contribution >= 0.6 is 0 Å². The topological polar surface area (TPSA) is 97.9 Å². The number of carbonyl (C=O) groups is 1. The number of nitro benzene ring substituents is 1. The molecule has 0 bridgehead atoms. The van der Waals surface area contributed by atoms with Crippen LogP contribution in [-0.2, 0) is 4.74 Å². The molecule has 0 spiro atoms. The van der Waals surface area contributed by atoms with E-state index in [-0.39, 0.29) is 17.8 Å². The summed E-state index contributed by atoms with van der Waals surface area (Å²) in [7, 11) is 0. The van der Waals surface area contributed by atoms with Gasteiger partial charge in [-0.1, -0.05) is 0 Å². The average Bonchev–Trinajstić information content (AvgIpc) is 3.01. The van der Waals surface area contributed by atoms with E-state index in [0.29, 0.717) is 36.7 Å². The fourth-order valence-electron chi connectivity index (χ4n) is 2.77. The summed E-state index contributed by atoms with van der Waals surface area (Å²) in [4.78, 5) is 24.5. The predicted molar refractivity (Wildman–Crippen MR) is 90.6 cm³/mol. The number of nitrogens with zero attached hydrogens (tertiary/aromatic N) is 2. The van der Waals surface area contributed by atoms with Gasteiger partial charge in [-0.3, -0.25) is 10.1 Å². The predicted octanol–water partition coefficient (Wildman–Crippen LogP) is 3.41. The molecule has 0 aliphatic carbocycles. The molecular formula is C17H19N3O5. The molecule has 8 heteroatoms. The summed E-state index contributed by atoms with van der Waals surface area (Å²) in [6, 6.07) is 7.93. The number of benzene rings is 1. The molecule has 0 radical (unpaired) electrons. The molecular weight excluding hydrogens is 326 g/mol. The van der Waals surface area contributed by atoms with Gasteiger partial charge in [0.25, 0.3) is 5.69 Å². The maximum Gasteiger partial charge on any atom is 0.322 e. The van der Waals surface area contributed by atoms with Gasteiger partial charge in [0.2, 0.25) is 0 Å². The number of nitrogens with one attached hydrogen (secondary N) is 1. The smallest absolute Gasteiger partial charge is 0.322 e. The van der Waals surface area contributed by atoms with Crippen LogP contribution < -0.4 is 5.32 Å². The van der Waals surface area contributed by atoms with Gasteiger partial charge in [-0.2, -0.15) is 0 Å². The van der Waals surface area contributed by atoms with E-state index in [1.807, 2.05) is 19.1 Å². The molecule has 1 fully saturated rings. The van der Waals surface area contributed by atoms with Crippen molar-refractivity contribution in [2.75, 3.05) is 25.0 Å². The minimum Gasteiger partial charge on any atom is -0.464 e. The second-order valence-corrected chi connectivity index (χ2v) is 5.94. The van der Waals surface area contributed by atoms with Crippen molar-refractivity contribution in [2.45, 2.75) is 20.0 Å². The highest BCUT2D eigenvalue weighted by Gasteiger charge is 2.27. The molecule has 1 aliphatic rings. The Morgan fingerprint density at radius 3 is 2.76 bits per heavy atom. The lowest BCUT2D eigenvalue weighted by molar-refractivity contribution is -0.385. The summed E-state index contributed by atoms with van der Waals surface area (Å²) < 4.78 is 11.3. The number of carbonyl (C=O) groups excluding carboxylic acids is 1. The first-order chi connectivity index (χ1) is 11.9. The van der Waals surface area contributed by atoms with E-state index < -0.39 is 4.92 Å². The number of ether oxygens (including phenoxy) is 1. The van der Waals surface area contributed by atoms with E-state index in [1.54, 1.807) is 17.9 Å². The van der Waals surface area contributed by atoms with E-state index in [9.17, 15) is 14.9 Å². The van der Waals surface area contributed by atoms with Crippen molar-refractivity contribution in [1.29, 1.82) is 0 Å². The molecule has 0 saturated carbocycles. The first-order valence-electron chi connectivity index (χ1n) is 7.93. The molecule has 2 amide bonds. The van der Waals surface area contributed by atoms with Crippen molar-refractivity contribution in [3.63, 3.8) is 0 Å². The minimum absolute atomic E-state index is 0.0256. The Morgan fingerprint density at radius 1 is 1.32 bits per heavy atom. The van der Waals surface area contributed by atoms with Crippen molar-refractivity contribution >= 4 is 17.4 Å². The Balaban J connectivity index is 1.66. The van der Waals surface area contributed by atoms with E-state index in [2.05, 4.69) is 5.32 Å². The summed E-state index contributed by atoms with van der Waals surface area (Å²) in [6.45, 7) is 4.75. The molecule has 3 rings (SSSR count). The first-order valence-corrected chi connectivity index (χ1v) is 7.93. The van der Waals surface area contributed by atoms with E-state index in [0.717, 1.165) is 5.76 Å². The zero-order valence-corrected chi connectivity index (χ0v) is 14.0. The molecule has 0 unspecified atom stereocenters. The quantitative estimate of drug-likeness (QED) is 0.679. The largest absolute Gasteiger partial charge is 0.464 e. The number of furan rings is 1. The van der Waals surface area contributed by atoms with E-state index >= 15 is 0 Å². The Labute approximate surface area is 144 Å². The summed E-state index contributed by atoms with van der Waals surface area (Å²) in [6.07, 6.45) is -0.299. The SMILES string of the molecule is Cc1ccc([C@@H]2CN(C(=O)Nc3ccc([N+](=O)[O-])c(C)c3)CCO2)o1.